The highest BCUT2D eigenvalue weighted by Gasteiger charge is 2.25. The average molecular weight is 519 g/mol. The molecule has 3 aromatic rings. The van der Waals surface area contributed by atoms with Crippen molar-refractivity contribution in [2.45, 2.75) is 26.4 Å². The first-order valence-electron chi connectivity index (χ1n) is 12.5. The molecule has 9 heteroatoms. The van der Waals surface area contributed by atoms with Crippen molar-refractivity contribution in [3.63, 3.8) is 0 Å². The maximum absolute atomic E-state index is 13.2. The molecule has 1 saturated heterocycles. The monoisotopic (exact) mass is 518 g/mol. The summed E-state index contributed by atoms with van der Waals surface area (Å²) in [6.45, 7) is 7.56. The van der Waals surface area contributed by atoms with Gasteiger partial charge in [0.1, 0.15) is 5.75 Å². The van der Waals surface area contributed by atoms with E-state index in [1.54, 1.807) is 7.11 Å². The molecule has 1 fully saturated rings. The van der Waals surface area contributed by atoms with Crippen molar-refractivity contribution < 1.29 is 9.53 Å². The second-order valence-corrected chi connectivity index (χ2v) is 9.71. The van der Waals surface area contributed by atoms with Crippen LogP contribution in [0.25, 0.3) is 11.3 Å². The van der Waals surface area contributed by atoms with E-state index >= 15 is 0 Å². The zero-order valence-corrected chi connectivity index (χ0v) is 22.4. The number of anilines is 1. The molecule has 4 rings (SSSR count). The SMILES string of the molecule is COc1cccc(-c2ccc(N3CCN(C(=O)CN(Cc4ccccc4)C(=S)NC(C)C)CC3)nn2)c1. The Labute approximate surface area is 224 Å². The van der Waals surface area contributed by atoms with Crippen LogP contribution in [0, 0.1) is 0 Å². The van der Waals surface area contributed by atoms with Gasteiger partial charge in [0.25, 0.3) is 0 Å². The van der Waals surface area contributed by atoms with Gasteiger partial charge in [0.2, 0.25) is 5.91 Å². The summed E-state index contributed by atoms with van der Waals surface area (Å²) in [4.78, 5) is 19.2. The topological polar surface area (TPSA) is 73.8 Å². The molecular formula is C28H34N6O2S. The van der Waals surface area contributed by atoms with Crippen molar-refractivity contribution in [2.75, 3.05) is 44.7 Å². The molecule has 8 nitrogen and oxygen atoms in total. The molecule has 1 N–H and O–H groups in total. The molecule has 0 atom stereocenters. The lowest BCUT2D eigenvalue weighted by Gasteiger charge is -2.36. The number of nitrogens with one attached hydrogen (secondary N) is 1. The molecule has 0 saturated carbocycles. The highest BCUT2D eigenvalue weighted by atomic mass is 32.1. The predicted octanol–water partition coefficient (Wildman–Crippen LogP) is 3.59. The highest BCUT2D eigenvalue weighted by molar-refractivity contribution is 7.80. The van der Waals surface area contributed by atoms with Crippen LogP contribution in [-0.4, -0.2) is 76.9 Å². The van der Waals surface area contributed by atoms with Crippen LogP contribution < -0.4 is 15.0 Å². The minimum absolute atomic E-state index is 0.0722. The van der Waals surface area contributed by atoms with Crippen molar-refractivity contribution in [3.05, 3.63) is 72.3 Å². The number of rotatable bonds is 8. The van der Waals surface area contributed by atoms with Gasteiger partial charge in [-0.25, -0.2) is 0 Å². The first-order chi connectivity index (χ1) is 17.9. The molecular weight excluding hydrogens is 484 g/mol. The van der Waals surface area contributed by atoms with E-state index in [2.05, 4.69) is 32.5 Å². The molecule has 1 aromatic heterocycles. The Hall–Kier alpha value is -3.72. The second-order valence-electron chi connectivity index (χ2n) is 9.32. The molecule has 0 radical (unpaired) electrons. The Morgan fingerprint density at radius 3 is 2.43 bits per heavy atom. The number of ether oxygens (including phenoxy) is 1. The molecule has 0 bridgehead atoms. The quantitative estimate of drug-likeness (QED) is 0.454. The van der Waals surface area contributed by atoms with Gasteiger partial charge >= 0.3 is 0 Å². The molecule has 0 spiro atoms. The van der Waals surface area contributed by atoms with Crippen molar-refractivity contribution in [1.29, 1.82) is 0 Å². The van der Waals surface area contributed by atoms with Gasteiger partial charge in [0, 0.05) is 44.3 Å². The minimum atomic E-state index is 0.0722. The Kier molecular flexibility index (Phi) is 8.90. The predicted molar refractivity (Wildman–Crippen MR) is 151 cm³/mol. The summed E-state index contributed by atoms with van der Waals surface area (Å²) in [5, 5.41) is 12.7. The number of thiocarbonyl (C=S) groups is 1. The van der Waals surface area contributed by atoms with Crippen LogP contribution in [0.2, 0.25) is 0 Å². The number of carbonyl (C=O) groups is 1. The number of hydrogen-bond donors (Lipinski definition) is 1. The number of hydrogen-bond acceptors (Lipinski definition) is 6. The molecule has 1 aliphatic heterocycles. The van der Waals surface area contributed by atoms with Gasteiger partial charge in [0.15, 0.2) is 10.9 Å². The largest absolute Gasteiger partial charge is 0.497 e. The first-order valence-corrected chi connectivity index (χ1v) is 12.9. The Balaban J connectivity index is 1.34. The van der Waals surface area contributed by atoms with Crippen molar-refractivity contribution >= 4 is 29.1 Å². The maximum Gasteiger partial charge on any atom is 0.242 e. The third kappa shape index (κ3) is 7.16. The highest BCUT2D eigenvalue weighted by Crippen LogP contribution is 2.23. The van der Waals surface area contributed by atoms with Crippen molar-refractivity contribution in [3.8, 4) is 17.0 Å². The maximum atomic E-state index is 13.2. The lowest BCUT2D eigenvalue weighted by Crippen LogP contribution is -2.53. The second kappa shape index (κ2) is 12.5. The summed E-state index contributed by atoms with van der Waals surface area (Å²) in [6.07, 6.45) is 0. The number of carbonyl (C=O) groups excluding carboxylic acids is 1. The van der Waals surface area contributed by atoms with E-state index < -0.39 is 0 Å². The van der Waals surface area contributed by atoms with E-state index in [-0.39, 0.29) is 18.5 Å². The van der Waals surface area contributed by atoms with Crippen LogP contribution >= 0.6 is 12.2 Å². The Morgan fingerprint density at radius 2 is 1.78 bits per heavy atom. The van der Waals surface area contributed by atoms with Crippen LogP contribution in [0.15, 0.2) is 66.7 Å². The average Bonchev–Trinajstić information content (AvgIpc) is 2.93. The Morgan fingerprint density at radius 1 is 1.03 bits per heavy atom. The van der Waals surface area contributed by atoms with Crippen molar-refractivity contribution in [1.82, 2.24) is 25.3 Å². The summed E-state index contributed by atoms with van der Waals surface area (Å²) in [6, 6.07) is 22.0. The lowest BCUT2D eigenvalue weighted by molar-refractivity contribution is -0.132. The fourth-order valence-corrected chi connectivity index (χ4v) is 4.58. The zero-order valence-electron chi connectivity index (χ0n) is 21.6. The molecule has 1 amide bonds. The first kappa shape index (κ1) is 26.3. The van der Waals surface area contributed by atoms with E-state index in [1.807, 2.05) is 78.2 Å². The van der Waals surface area contributed by atoms with Crippen molar-refractivity contribution in [2.24, 2.45) is 0 Å². The molecule has 37 heavy (non-hydrogen) atoms. The molecule has 0 aliphatic carbocycles. The third-order valence-electron chi connectivity index (χ3n) is 6.21. The van der Waals surface area contributed by atoms with Gasteiger partial charge in [0.05, 0.1) is 19.3 Å². The zero-order chi connectivity index (χ0) is 26.2. The van der Waals surface area contributed by atoms with E-state index in [4.69, 9.17) is 17.0 Å². The van der Waals surface area contributed by atoms with E-state index in [0.717, 1.165) is 28.4 Å². The number of piperazine rings is 1. The van der Waals surface area contributed by atoms with E-state index in [0.29, 0.717) is 37.8 Å². The van der Waals surface area contributed by atoms with Crippen LogP contribution in [0.5, 0.6) is 5.75 Å². The smallest absolute Gasteiger partial charge is 0.242 e. The van der Waals surface area contributed by atoms with Crippen LogP contribution in [0.4, 0.5) is 5.82 Å². The van der Waals surface area contributed by atoms with Crippen LogP contribution in [0.3, 0.4) is 0 Å². The standard InChI is InChI=1S/C28H34N6O2S/c1-21(2)29-28(37)34(19-22-8-5-4-6-9-22)20-27(35)33-16-14-32(15-17-33)26-13-12-25(30-31-26)23-10-7-11-24(18-23)36-3/h4-13,18,21H,14-17,19-20H2,1-3H3,(H,29,37). The van der Waals surface area contributed by atoms with Gasteiger partial charge in [-0.05, 0) is 55.9 Å². The number of benzene rings is 2. The summed E-state index contributed by atoms with van der Waals surface area (Å²) in [7, 11) is 1.65. The van der Waals surface area contributed by atoms with Gasteiger partial charge in [-0.15, -0.1) is 10.2 Å². The van der Waals surface area contributed by atoms with Gasteiger partial charge in [-0.3, -0.25) is 4.79 Å². The van der Waals surface area contributed by atoms with Gasteiger partial charge in [-0.2, -0.15) is 0 Å². The van der Waals surface area contributed by atoms with E-state index in [1.165, 1.54) is 0 Å². The summed E-state index contributed by atoms with van der Waals surface area (Å²) < 4.78 is 5.31. The molecule has 0 unspecified atom stereocenters. The Bertz CT molecular complexity index is 1180. The molecule has 2 aromatic carbocycles. The fraction of sp³-hybridized carbons (Fsp3) is 0.357. The summed E-state index contributed by atoms with van der Waals surface area (Å²) >= 11 is 5.63. The lowest BCUT2D eigenvalue weighted by atomic mass is 10.1. The van der Waals surface area contributed by atoms with Gasteiger partial charge in [-0.1, -0.05) is 42.5 Å². The number of aromatic nitrogens is 2. The number of amides is 1. The normalized spacial score (nSPS) is 13.4. The van der Waals surface area contributed by atoms with Gasteiger partial charge < -0.3 is 24.8 Å². The molecule has 2 heterocycles. The summed E-state index contributed by atoms with van der Waals surface area (Å²) in [5.41, 5.74) is 2.86. The van der Waals surface area contributed by atoms with Crippen LogP contribution in [0.1, 0.15) is 19.4 Å². The number of methoxy groups -OCH3 is 1. The molecule has 194 valence electrons. The fourth-order valence-electron chi connectivity index (χ4n) is 4.22. The number of nitrogens with zero attached hydrogens (tertiary/aromatic N) is 5. The summed E-state index contributed by atoms with van der Waals surface area (Å²) in [5.74, 6) is 1.67. The van der Waals surface area contributed by atoms with E-state index in [9.17, 15) is 4.79 Å². The third-order valence-corrected chi connectivity index (χ3v) is 6.59. The minimum Gasteiger partial charge on any atom is -0.497 e. The molecule has 1 aliphatic rings. The van der Waals surface area contributed by atoms with Crippen LogP contribution in [-0.2, 0) is 11.3 Å².